The summed E-state index contributed by atoms with van der Waals surface area (Å²) < 4.78 is 6.46. The molecule has 1 amide bonds. The summed E-state index contributed by atoms with van der Waals surface area (Å²) >= 11 is 3.38. The smallest absolute Gasteiger partial charge is 0.249 e. The van der Waals surface area contributed by atoms with Gasteiger partial charge in [0.15, 0.2) is 0 Å². The Labute approximate surface area is 119 Å². The lowest BCUT2D eigenvalue weighted by molar-refractivity contribution is 0.0998. The number of ether oxygens (including phenoxy) is 1. The molecule has 0 heterocycles. The Balaban J connectivity index is 2.19. The average molecular weight is 321 g/mol. The Morgan fingerprint density at radius 1 is 1.21 bits per heavy atom. The molecule has 4 nitrogen and oxygen atoms in total. The van der Waals surface area contributed by atoms with Crippen molar-refractivity contribution in [3.63, 3.8) is 0 Å². The zero-order valence-electron chi connectivity index (χ0n) is 10.1. The minimum atomic E-state index is -0.467. The first-order chi connectivity index (χ1) is 9.08. The molecule has 0 bridgehead atoms. The number of carbonyl (C=O) groups is 1. The first kappa shape index (κ1) is 13.4. The third kappa shape index (κ3) is 3.26. The Morgan fingerprint density at radius 2 is 1.95 bits per heavy atom. The summed E-state index contributed by atoms with van der Waals surface area (Å²) in [6.45, 7) is 0.251. The van der Waals surface area contributed by atoms with E-state index in [0.717, 1.165) is 10.0 Å². The number of benzene rings is 2. The van der Waals surface area contributed by atoms with E-state index in [2.05, 4.69) is 15.9 Å². The van der Waals surface area contributed by atoms with Gasteiger partial charge in [0.25, 0.3) is 0 Å². The van der Waals surface area contributed by atoms with Gasteiger partial charge < -0.3 is 16.2 Å². The number of anilines is 1. The molecule has 4 N–H and O–H groups in total. The van der Waals surface area contributed by atoms with Crippen molar-refractivity contribution in [1.29, 1.82) is 0 Å². The highest BCUT2D eigenvalue weighted by molar-refractivity contribution is 9.10. The standard InChI is InChI=1S/C14H13BrN2O2/c15-12-6-5-10(16)7-13(12)19-8-9-3-1-2-4-11(9)14(17)18/h1-7H,8,16H2,(H2,17,18). The highest BCUT2D eigenvalue weighted by Crippen LogP contribution is 2.28. The van der Waals surface area contributed by atoms with Crippen molar-refractivity contribution in [2.24, 2.45) is 5.73 Å². The Hall–Kier alpha value is -2.01. The number of halogens is 1. The molecule has 0 aliphatic rings. The fraction of sp³-hybridized carbons (Fsp3) is 0.0714. The second-order valence-electron chi connectivity index (χ2n) is 4.00. The number of nitrogen functional groups attached to an aromatic ring is 1. The molecule has 2 rings (SSSR count). The van der Waals surface area contributed by atoms with E-state index in [0.29, 0.717) is 17.0 Å². The van der Waals surface area contributed by atoms with Crippen LogP contribution in [-0.4, -0.2) is 5.91 Å². The van der Waals surface area contributed by atoms with E-state index in [-0.39, 0.29) is 6.61 Å². The fourth-order valence-electron chi connectivity index (χ4n) is 1.67. The zero-order valence-corrected chi connectivity index (χ0v) is 11.7. The molecule has 0 aliphatic carbocycles. The number of carbonyl (C=O) groups excluding carboxylic acids is 1. The summed E-state index contributed by atoms with van der Waals surface area (Å²) in [7, 11) is 0. The molecule has 2 aromatic carbocycles. The first-order valence-electron chi connectivity index (χ1n) is 5.63. The summed E-state index contributed by atoms with van der Waals surface area (Å²) in [6.07, 6.45) is 0. The van der Waals surface area contributed by atoms with E-state index in [9.17, 15) is 4.79 Å². The van der Waals surface area contributed by atoms with Gasteiger partial charge in [-0.3, -0.25) is 4.79 Å². The van der Waals surface area contributed by atoms with Crippen molar-refractivity contribution < 1.29 is 9.53 Å². The molecule has 5 heteroatoms. The Morgan fingerprint density at radius 3 is 2.68 bits per heavy atom. The van der Waals surface area contributed by atoms with Gasteiger partial charge in [-0.2, -0.15) is 0 Å². The zero-order chi connectivity index (χ0) is 13.8. The van der Waals surface area contributed by atoms with Crippen molar-refractivity contribution in [2.75, 3.05) is 5.73 Å². The molecule has 0 unspecified atom stereocenters. The fourth-order valence-corrected chi connectivity index (χ4v) is 2.03. The predicted octanol–water partition coefficient (Wildman–Crippen LogP) is 2.71. The van der Waals surface area contributed by atoms with Crippen LogP contribution in [0.25, 0.3) is 0 Å². The number of primary amides is 1. The van der Waals surface area contributed by atoms with Crippen molar-refractivity contribution in [2.45, 2.75) is 6.61 Å². The number of hydrogen-bond acceptors (Lipinski definition) is 3. The van der Waals surface area contributed by atoms with Crippen LogP contribution in [0.2, 0.25) is 0 Å². The number of amides is 1. The summed E-state index contributed by atoms with van der Waals surface area (Å²) in [6, 6.07) is 12.4. The van der Waals surface area contributed by atoms with Gasteiger partial charge >= 0.3 is 0 Å². The highest BCUT2D eigenvalue weighted by atomic mass is 79.9. The van der Waals surface area contributed by atoms with Gasteiger partial charge in [0.2, 0.25) is 5.91 Å². The number of hydrogen-bond donors (Lipinski definition) is 2. The predicted molar refractivity (Wildman–Crippen MR) is 77.8 cm³/mol. The maximum Gasteiger partial charge on any atom is 0.249 e. The van der Waals surface area contributed by atoms with Crippen LogP contribution < -0.4 is 16.2 Å². The van der Waals surface area contributed by atoms with Gasteiger partial charge in [0.1, 0.15) is 12.4 Å². The van der Waals surface area contributed by atoms with Crippen LogP contribution >= 0.6 is 15.9 Å². The molecule has 0 aliphatic heterocycles. The first-order valence-corrected chi connectivity index (χ1v) is 6.43. The molecular formula is C14H13BrN2O2. The molecule has 19 heavy (non-hydrogen) atoms. The number of nitrogens with two attached hydrogens (primary N) is 2. The molecule has 0 aromatic heterocycles. The van der Waals surface area contributed by atoms with Gasteiger partial charge in [-0.15, -0.1) is 0 Å². The van der Waals surface area contributed by atoms with Crippen LogP contribution in [0.4, 0.5) is 5.69 Å². The van der Waals surface area contributed by atoms with Crippen LogP contribution in [0.15, 0.2) is 46.9 Å². The van der Waals surface area contributed by atoms with Crippen LogP contribution in [0, 0.1) is 0 Å². The maximum atomic E-state index is 11.3. The third-order valence-electron chi connectivity index (χ3n) is 2.62. The Bertz CT molecular complexity index is 614. The monoisotopic (exact) mass is 320 g/mol. The van der Waals surface area contributed by atoms with Crippen LogP contribution in [0.3, 0.4) is 0 Å². The lowest BCUT2D eigenvalue weighted by atomic mass is 10.1. The highest BCUT2D eigenvalue weighted by Gasteiger charge is 2.08. The van der Waals surface area contributed by atoms with Crippen LogP contribution in [0.5, 0.6) is 5.75 Å². The second-order valence-corrected chi connectivity index (χ2v) is 4.85. The SMILES string of the molecule is NC(=O)c1ccccc1COc1cc(N)ccc1Br. The molecule has 2 aromatic rings. The molecule has 0 radical (unpaired) electrons. The Kier molecular flexibility index (Phi) is 4.06. The van der Waals surface area contributed by atoms with Crippen LogP contribution in [-0.2, 0) is 6.61 Å². The van der Waals surface area contributed by atoms with Crippen molar-refractivity contribution in [3.8, 4) is 5.75 Å². The van der Waals surface area contributed by atoms with Gasteiger partial charge in [-0.05, 0) is 34.1 Å². The molecule has 0 saturated carbocycles. The molecule has 0 saturated heterocycles. The third-order valence-corrected chi connectivity index (χ3v) is 3.28. The summed E-state index contributed by atoms with van der Waals surface area (Å²) in [5.41, 5.74) is 12.8. The largest absolute Gasteiger partial charge is 0.488 e. The molecule has 98 valence electrons. The van der Waals surface area contributed by atoms with Gasteiger partial charge in [0, 0.05) is 22.9 Å². The summed E-state index contributed by atoms with van der Waals surface area (Å²) in [5, 5.41) is 0. The molecular weight excluding hydrogens is 308 g/mol. The van der Waals surface area contributed by atoms with E-state index in [1.165, 1.54) is 0 Å². The lowest BCUT2D eigenvalue weighted by Gasteiger charge is -2.11. The van der Waals surface area contributed by atoms with E-state index < -0.39 is 5.91 Å². The van der Waals surface area contributed by atoms with E-state index in [1.807, 2.05) is 12.1 Å². The normalized spacial score (nSPS) is 10.2. The molecule has 0 fully saturated rings. The van der Waals surface area contributed by atoms with Crippen molar-refractivity contribution in [1.82, 2.24) is 0 Å². The van der Waals surface area contributed by atoms with Crippen molar-refractivity contribution >= 4 is 27.5 Å². The topological polar surface area (TPSA) is 78.3 Å². The van der Waals surface area contributed by atoms with Crippen molar-refractivity contribution in [3.05, 3.63) is 58.1 Å². The summed E-state index contributed by atoms with van der Waals surface area (Å²) in [4.78, 5) is 11.3. The minimum absolute atomic E-state index is 0.251. The average Bonchev–Trinajstić information content (AvgIpc) is 2.40. The quantitative estimate of drug-likeness (QED) is 0.850. The second kappa shape index (κ2) is 5.75. The molecule has 0 atom stereocenters. The summed E-state index contributed by atoms with van der Waals surface area (Å²) in [5.74, 6) is 0.158. The minimum Gasteiger partial charge on any atom is -0.488 e. The van der Waals surface area contributed by atoms with Gasteiger partial charge in [-0.1, -0.05) is 18.2 Å². The van der Waals surface area contributed by atoms with Gasteiger partial charge in [0.05, 0.1) is 4.47 Å². The van der Waals surface area contributed by atoms with E-state index in [4.69, 9.17) is 16.2 Å². The van der Waals surface area contributed by atoms with E-state index >= 15 is 0 Å². The maximum absolute atomic E-state index is 11.3. The lowest BCUT2D eigenvalue weighted by Crippen LogP contribution is -2.14. The van der Waals surface area contributed by atoms with Crippen LogP contribution in [0.1, 0.15) is 15.9 Å². The number of rotatable bonds is 4. The van der Waals surface area contributed by atoms with Gasteiger partial charge in [-0.25, -0.2) is 0 Å². The van der Waals surface area contributed by atoms with E-state index in [1.54, 1.807) is 30.3 Å². The molecule has 0 spiro atoms.